The quantitative estimate of drug-likeness (QED) is 0.703. The molecule has 0 radical (unpaired) electrons. The second-order valence-corrected chi connectivity index (χ2v) is 4.68. The van der Waals surface area contributed by atoms with Crippen molar-refractivity contribution in [1.29, 1.82) is 0 Å². The Kier molecular flexibility index (Phi) is 6.03. The molecule has 0 rings (SSSR count). The van der Waals surface area contributed by atoms with Gasteiger partial charge < -0.3 is 15.7 Å². The summed E-state index contributed by atoms with van der Waals surface area (Å²) in [6.07, 6.45) is -0.139. The predicted octanol–water partition coefficient (Wildman–Crippen LogP) is 0.681. The number of carbonyl (C=O) groups is 2. The number of rotatable bonds is 6. The van der Waals surface area contributed by atoms with Crippen molar-refractivity contribution in [3.8, 4) is 0 Å². The van der Waals surface area contributed by atoms with E-state index in [1.807, 2.05) is 27.7 Å². The summed E-state index contributed by atoms with van der Waals surface area (Å²) < 4.78 is 0. The molecule has 16 heavy (non-hydrogen) atoms. The van der Waals surface area contributed by atoms with Crippen LogP contribution >= 0.6 is 0 Å². The van der Waals surface area contributed by atoms with Crippen LogP contribution in [0.2, 0.25) is 0 Å². The lowest BCUT2D eigenvalue weighted by Crippen LogP contribution is -2.43. The number of hydrogen-bond donors (Lipinski definition) is 2. The predicted molar refractivity (Wildman–Crippen MR) is 61.9 cm³/mol. The average molecular weight is 230 g/mol. The summed E-state index contributed by atoms with van der Waals surface area (Å²) in [4.78, 5) is 24.0. The molecule has 0 heterocycles. The summed E-state index contributed by atoms with van der Waals surface area (Å²) in [7, 11) is 0. The van der Waals surface area contributed by atoms with Crippen molar-refractivity contribution in [2.24, 2.45) is 11.7 Å². The maximum Gasteiger partial charge on any atom is 0.321 e. The Labute approximate surface area is 96.6 Å². The van der Waals surface area contributed by atoms with E-state index in [9.17, 15) is 9.59 Å². The summed E-state index contributed by atoms with van der Waals surface area (Å²) in [6, 6.07) is -1.04. The fraction of sp³-hybridized carbons (Fsp3) is 0.818. The fourth-order valence-electron chi connectivity index (χ4n) is 1.39. The summed E-state index contributed by atoms with van der Waals surface area (Å²) in [5, 5.41) is 8.64. The van der Waals surface area contributed by atoms with Gasteiger partial charge >= 0.3 is 5.97 Å². The lowest BCUT2D eigenvalue weighted by atomic mass is 10.1. The highest BCUT2D eigenvalue weighted by molar-refractivity contribution is 5.84. The van der Waals surface area contributed by atoms with Crippen molar-refractivity contribution in [3.05, 3.63) is 0 Å². The van der Waals surface area contributed by atoms with Gasteiger partial charge in [0.25, 0.3) is 0 Å². The summed E-state index contributed by atoms with van der Waals surface area (Å²) >= 11 is 0. The Balaban J connectivity index is 4.44. The van der Waals surface area contributed by atoms with Gasteiger partial charge in [0.15, 0.2) is 0 Å². The maximum atomic E-state index is 11.8. The van der Waals surface area contributed by atoms with E-state index in [4.69, 9.17) is 10.8 Å². The molecule has 0 spiro atoms. The average Bonchev–Trinajstić information content (AvgIpc) is 2.12. The zero-order valence-electron chi connectivity index (χ0n) is 10.4. The SMILES string of the molecule is CC(C)CN(C(=O)CC(N)C(=O)O)C(C)C. The summed E-state index contributed by atoms with van der Waals surface area (Å²) in [6.45, 7) is 8.47. The molecule has 1 atom stereocenters. The van der Waals surface area contributed by atoms with E-state index in [-0.39, 0.29) is 18.4 Å². The molecule has 0 saturated heterocycles. The summed E-state index contributed by atoms with van der Waals surface area (Å²) in [5.41, 5.74) is 5.34. The van der Waals surface area contributed by atoms with E-state index in [0.29, 0.717) is 12.5 Å². The second kappa shape index (κ2) is 6.48. The first-order valence-corrected chi connectivity index (χ1v) is 5.53. The molecule has 1 unspecified atom stereocenters. The van der Waals surface area contributed by atoms with Gasteiger partial charge in [0.1, 0.15) is 6.04 Å². The number of nitrogens with zero attached hydrogens (tertiary/aromatic N) is 1. The van der Waals surface area contributed by atoms with E-state index in [2.05, 4.69) is 0 Å². The number of carbonyl (C=O) groups excluding carboxylic acids is 1. The van der Waals surface area contributed by atoms with E-state index >= 15 is 0 Å². The molecular weight excluding hydrogens is 208 g/mol. The van der Waals surface area contributed by atoms with Crippen LogP contribution in [0.4, 0.5) is 0 Å². The third-order valence-electron chi connectivity index (χ3n) is 2.22. The van der Waals surface area contributed by atoms with Crippen LogP contribution in [-0.2, 0) is 9.59 Å². The van der Waals surface area contributed by atoms with Crippen molar-refractivity contribution in [1.82, 2.24) is 4.90 Å². The van der Waals surface area contributed by atoms with Crippen LogP contribution in [0.3, 0.4) is 0 Å². The molecule has 0 saturated carbocycles. The van der Waals surface area contributed by atoms with E-state index in [1.54, 1.807) is 4.90 Å². The molecule has 5 heteroatoms. The van der Waals surface area contributed by atoms with Crippen molar-refractivity contribution in [2.45, 2.75) is 46.2 Å². The third kappa shape index (κ3) is 5.11. The molecule has 0 fully saturated rings. The molecule has 0 aliphatic rings. The van der Waals surface area contributed by atoms with Crippen LogP contribution in [0, 0.1) is 5.92 Å². The molecule has 0 aromatic rings. The van der Waals surface area contributed by atoms with Crippen molar-refractivity contribution in [3.63, 3.8) is 0 Å². The fourth-order valence-corrected chi connectivity index (χ4v) is 1.39. The molecule has 1 amide bonds. The zero-order chi connectivity index (χ0) is 12.9. The van der Waals surface area contributed by atoms with Gasteiger partial charge in [0.05, 0.1) is 6.42 Å². The maximum absolute atomic E-state index is 11.8. The van der Waals surface area contributed by atoms with Crippen molar-refractivity contribution in [2.75, 3.05) is 6.54 Å². The van der Waals surface area contributed by atoms with Crippen LogP contribution in [-0.4, -0.2) is 40.5 Å². The van der Waals surface area contributed by atoms with Gasteiger partial charge in [0.2, 0.25) is 5.91 Å². The summed E-state index contributed by atoms with van der Waals surface area (Å²) in [5.74, 6) is -0.979. The molecule has 0 aromatic carbocycles. The number of carboxylic acid groups (broad SMARTS) is 1. The highest BCUT2D eigenvalue weighted by Crippen LogP contribution is 2.07. The van der Waals surface area contributed by atoms with Crippen molar-refractivity contribution < 1.29 is 14.7 Å². The minimum atomic E-state index is -1.14. The van der Waals surface area contributed by atoms with Gasteiger partial charge in [-0.25, -0.2) is 0 Å². The highest BCUT2D eigenvalue weighted by atomic mass is 16.4. The van der Waals surface area contributed by atoms with E-state index < -0.39 is 12.0 Å². The monoisotopic (exact) mass is 230 g/mol. The molecule has 5 nitrogen and oxygen atoms in total. The molecule has 3 N–H and O–H groups in total. The van der Waals surface area contributed by atoms with Gasteiger partial charge in [0, 0.05) is 12.6 Å². The first-order chi connectivity index (χ1) is 7.25. The number of carboxylic acids is 1. The minimum Gasteiger partial charge on any atom is -0.480 e. The van der Waals surface area contributed by atoms with Crippen LogP contribution < -0.4 is 5.73 Å². The number of hydrogen-bond acceptors (Lipinski definition) is 3. The smallest absolute Gasteiger partial charge is 0.321 e. The van der Waals surface area contributed by atoms with E-state index in [1.165, 1.54) is 0 Å². The Hall–Kier alpha value is -1.10. The molecule has 0 aliphatic heterocycles. The number of nitrogens with two attached hydrogens (primary N) is 1. The molecule has 0 aliphatic carbocycles. The van der Waals surface area contributed by atoms with E-state index in [0.717, 1.165) is 0 Å². The van der Waals surface area contributed by atoms with Gasteiger partial charge in [-0.1, -0.05) is 13.8 Å². The Morgan fingerprint density at radius 1 is 1.25 bits per heavy atom. The Bertz CT molecular complexity index is 252. The Morgan fingerprint density at radius 3 is 2.06 bits per heavy atom. The normalized spacial score (nSPS) is 12.9. The molecule has 0 bridgehead atoms. The largest absolute Gasteiger partial charge is 0.480 e. The minimum absolute atomic E-state index is 0.0656. The van der Waals surface area contributed by atoms with Gasteiger partial charge in [-0.2, -0.15) is 0 Å². The second-order valence-electron chi connectivity index (χ2n) is 4.68. The van der Waals surface area contributed by atoms with Gasteiger partial charge in [-0.3, -0.25) is 9.59 Å². The lowest BCUT2D eigenvalue weighted by molar-refractivity contribution is -0.143. The molecule has 0 aromatic heterocycles. The van der Waals surface area contributed by atoms with Crippen molar-refractivity contribution >= 4 is 11.9 Å². The third-order valence-corrected chi connectivity index (χ3v) is 2.22. The Morgan fingerprint density at radius 2 is 1.75 bits per heavy atom. The first-order valence-electron chi connectivity index (χ1n) is 5.53. The van der Waals surface area contributed by atoms with Crippen LogP contribution in [0.1, 0.15) is 34.1 Å². The first kappa shape index (κ1) is 14.9. The topological polar surface area (TPSA) is 83.6 Å². The van der Waals surface area contributed by atoms with Gasteiger partial charge in [-0.15, -0.1) is 0 Å². The van der Waals surface area contributed by atoms with Crippen LogP contribution in [0.25, 0.3) is 0 Å². The van der Waals surface area contributed by atoms with Crippen LogP contribution in [0.15, 0.2) is 0 Å². The number of aliphatic carboxylic acids is 1. The highest BCUT2D eigenvalue weighted by Gasteiger charge is 2.23. The zero-order valence-corrected chi connectivity index (χ0v) is 10.4. The molecular formula is C11H22N2O3. The van der Waals surface area contributed by atoms with Gasteiger partial charge in [-0.05, 0) is 19.8 Å². The number of amides is 1. The molecule has 94 valence electrons. The van der Waals surface area contributed by atoms with Crippen LogP contribution in [0.5, 0.6) is 0 Å². The lowest BCUT2D eigenvalue weighted by Gasteiger charge is -2.29. The standard InChI is InChI=1S/C11H22N2O3/c1-7(2)6-13(8(3)4)10(14)5-9(12)11(15)16/h7-9H,5-6,12H2,1-4H3,(H,15,16).